The van der Waals surface area contributed by atoms with Gasteiger partial charge in [-0.2, -0.15) is 5.10 Å². The lowest BCUT2D eigenvalue weighted by atomic mass is 9.98. The number of amides is 1. The van der Waals surface area contributed by atoms with Gasteiger partial charge in [-0.1, -0.05) is 121 Å². The lowest BCUT2D eigenvalue weighted by Crippen LogP contribution is -2.19. The molecule has 4 nitrogen and oxygen atoms in total. The van der Waals surface area contributed by atoms with Crippen LogP contribution in [0.5, 0.6) is 0 Å². The highest BCUT2D eigenvalue weighted by Gasteiger charge is 2.20. The van der Waals surface area contributed by atoms with Crippen molar-refractivity contribution in [2.24, 2.45) is 5.10 Å². The first kappa shape index (κ1) is 23.4. The molecule has 0 radical (unpaired) electrons. The molecule has 1 heterocycles. The van der Waals surface area contributed by atoms with E-state index in [-0.39, 0.29) is 5.91 Å². The van der Waals surface area contributed by atoms with Gasteiger partial charge in [0, 0.05) is 35.0 Å². The molecule has 6 aromatic rings. The van der Waals surface area contributed by atoms with Gasteiger partial charge in [-0.25, -0.2) is 5.43 Å². The molecule has 0 bridgehead atoms. The number of hydrogen-bond acceptors (Lipinski definition) is 2. The first-order valence-electron chi connectivity index (χ1n) is 12.8. The molecule has 184 valence electrons. The van der Waals surface area contributed by atoms with Crippen LogP contribution in [0.1, 0.15) is 12.0 Å². The highest BCUT2D eigenvalue weighted by atomic mass is 16.2. The third-order valence-electron chi connectivity index (χ3n) is 6.86. The van der Waals surface area contributed by atoms with Crippen LogP contribution in [0.4, 0.5) is 0 Å². The van der Waals surface area contributed by atoms with E-state index in [0.29, 0.717) is 13.0 Å². The summed E-state index contributed by atoms with van der Waals surface area (Å²) in [5.74, 6) is -0.125. The van der Waals surface area contributed by atoms with Gasteiger partial charge in [-0.3, -0.25) is 4.79 Å². The summed E-state index contributed by atoms with van der Waals surface area (Å²) < 4.78 is 2.26. The Morgan fingerprint density at radius 3 is 2.11 bits per heavy atom. The van der Waals surface area contributed by atoms with Crippen LogP contribution in [0.2, 0.25) is 0 Å². The number of hydrazone groups is 1. The van der Waals surface area contributed by atoms with Crippen molar-refractivity contribution >= 4 is 33.8 Å². The molecule has 4 heteroatoms. The van der Waals surface area contributed by atoms with Gasteiger partial charge in [-0.15, -0.1) is 0 Å². The van der Waals surface area contributed by atoms with E-state index in [1.54, 1.807) is 6.21 Å². The standard InChI is InChI=1S/C34H27N3O/c38-32(36-35-24-28-18-11-17-25-12-7-8-19-29(25)28)22-23-37-31-21-10-9-20-30(31)33(26-13-3-1-4-14-26)34(37)27-15-5-2-6-16-27/h1-21,24H,22-23H2,(H,36,38)/b35-24-. The largest absolute Gasteiger partial charge is 0.339 e. The van der Waals surface area contributed by atoms with Gasteiger partial charge in [0.05, 0.1) is 11.9 Å². The fourth-order valence-corrected chi connectivity index (χ4v) is 5.13. The minimum atomic E-state index is -0.125. The highest BCUT2D eigenvalue weighted by Crippen LogP contribution is 2.40. The van der Waals surface area contributed by atoms with E-state index in [0.717, 1.165) is 38.7 Å². The number of carbonyl (C=O) groups is 1. The van der Waals surface area contributed by atoms with Crippen molar-refractivity contribution in [1.82, 2.24) is 9.99 Å². The van der Waals surface area contributed by atoms with Crippen LogP contribution in [0.15, 0.2) is 132 Å². The van der Waals surface area contributed by atoms with E-state index in [1.165, 1.54) is 10.9 Å². The number of nitrogens with one attached hydrogen (secondary N) is 1. The number of carbonyl (C=O) groups excluding carboxylic acids is 1. The molecule has 1 N–H and O–H groups in total. The van der Waals surface area contributed by atoms with Gasteiger partial charge in [0.1, 0.15) is 0 Å². The third-order valence-corrected chi connectivity index (χ3v) is 6.86. The van der Waals surface area contributed by atoms with Crippen LogP contribution < -0.4 is 5.43 Å². The van der Waals surface area contributed by atoms with Crippen LogP contribution in [-0.2, 0) is 11.3 Å². The Labute approximate surface area is 221 Å². The number of hydrogen-bond donors (Lipinski definition) is 1. The number of aromatic nitrogens is 1. The van der Waals surface area contributed by atoms with Gasteiger partial charge in [-0.05, 0) is 28.0 Å². The van der Waals surface area contributed by atoms with E-state index < -0.39 is 0 Å². The zero-order valence-electron chi connectivity index (χ0n) is 20.9. The van der Waals surface area contributed by atoms with Crippen molar-refractivity contribution in [1.29, 1.82) is 0 Å². The predicted octanol–water partition coefficient (Wildman–Crippen LogP) is 7.67. The Morgan fingerprint density at radius 2 is 1.32 bits per heavy atom. The summed E-state index contributed by atoms with van der Waals surface area (Å²) >= 11 is 0. The SMILES string of the molecule is O=C(CCn1c(-c2ccccc2)c(-c2ccccc2)c2ccccc21)N/N=C\c1cccc2ccccc12. The number of aryl methyl sites for hydroxylation is 1. The van der Waals surface area contributed by atoms with E-state index in [9.17, 15) is 4.79 Å². The molecule has 6 rings (SSSR count). The van der Waals surface area contributed by atoms with Gasteiger partial charge in [0.15, 0.2) is 0 Å². The summed E-state index contributed by atoms with van der Waals surface area (Å²) in [5.41, 5.74) is 9.39. The number of rotatable bonds is 7. The summed E-state index contributed by atoms with van der Waals surface area (Å²) in [5, 5.41) is 7.69. The van der Waals surface area contributed by atoms with Crippen molar-refractivity contribution in [2.75, 3.05) is 0 Å². The summed E-state index contributed by atoms with van der Waals surface area (Å²) in [4.78, 5) is 12.9. The van der Waals surface area contributed by atoms with Crippen molar-refractivity contribution in [3.63, 3.8) is 0 Å². The zero-order valence-corrected chi connectivity index (χ0v) is 20.9. The Bertz CT molecular complexity index is 1750. The van der Waals surface area contributed by atoms with Gasteiger partial charge in [0.25, 0.3) is 0 Å². The monoisotopic (exact) mass is 493 g/mol. The maximum atomic E-state index is 12.9. The average molecular weight is 494 g/mol. The van der Waals surface area contributed by atoms with E-state index >= 15 is 0 Å². The lowest BCUT2D eigenvalue weighted by molar-refractivity contribution is -0.121. The van der Waals surface area contributed by atoms with Crippen molar-refractivity contribution in [2.45, 2.75) is 13.0 Å². The second kappa shape index (κ2) is 10.6. The Hall–Kier alpha value is -4.96. The molecular formula is C34H27N3O. The van der Waals surface area contributed by atoms with Crippen molar-refractivity contribution < 1.29 is 4.79 Å². The fraction of sp³-hybridized carbons (Fsp3) is 0.0588. The van der Waals surface area contributed by atoms with Crippen molar-refractivity contribution in [3.05, 3.63) is 133 Å². The van der Waals surface area contributed by atoms with E-state index in [4.69, 9.17) is 0 Å². The highest BCUT2D eigenvalue weighted by molar-refractivity contribution is 6.04. The number of para-hydroxylation sites is 1. The number of nitrogens with zero attached hydrogens (tertiary/aromatic N) is 2. The predicted molar refractivity (Wildman–Crippen MR) is 157 cm³/mol. The van der Waals surface area contributed by atoms with E-state index in [2.05, 4.69) is 106 Å². The van der Waals surface area contributed by atoms with Crippen LogP contribution in [0.3, 0.4) is 0 Å². The Kier molecular flexibility index (Phi) is 6.52. The first-order valence-corrected chi connectivity index (χ1v) is 12.8. The zero-order chi connectivity index (χ0) is 25.7. The Balaban J connectivity index is 1.30. The molecule has 38 heavy (non-hydrogen) atoms. The van der Waals surface area contributed by atoms with Gasteiger partial charge in [0.2, 0.25) is 5.91 Å². The quantitative estimate of drug-likeness (QED) is 0.180. The molecule has 0 aliphatic heterocycles. The van der Waals surface area contributed by atoms with Crippen LogP contribution in [0, 0.1) is 0 Å². The molecule has 1 amide bonds. The molecule has 0 saturated heterocycles. The molecule has 0 aliphatic rings. The molecule has 0 atom stereocenters. The molecule has 0 spiro atoms. The number of benzene rings is 5. The van der Waals surface area contributed by atoms with Crippen LogP contribution >= 0.6 is 0 Å². The maximum absolute atomic E-state index is 12.9. The molecule has 0 saturated carbocycles. The average Bonchev–Trinajstić information content (AvgIpc) is 3.31. The second-order valence-corrected chi connectivity index (χ2v) is 9.24. The normalized spacial score (nSPS) is 11.4. The van der Waals surface area contributed by atoms with Gasteiger partial charge >= 0.3 is 0 Å². The van der Waals surface area contributed by atoms with Gasteiger partial charge < -0.3 is 4.57 Å². The topological polar surface area (TPSA) is 46.4 Å². The molecule has 0 aliphatic carbocycles. The molecular weight excluding hydrogens is 466 g/mol. The minimum absolute atomic E-state index is 0.125. The summed E-state index contributed by atoms with van der Waals surface area (Å²) in [6, 6.07) is 43.5. The van der Waals surface area contributed by atoms with Crippen LogP contribution in [-0.4, -0.2) is 16.7 Å². The molecule has 1 aromatic heterocycles. The third kappa shape index (κ3) is 4.60. The summed E-state index contributed by atoms with van der Waals surface area (Å²) in [6.07, 6.45) is 2.02. The van der Waals surface area contributed by atoms with Crippen LogP contribution in [0.25, 0.3) is 44.1 Å². The van der Waals surface area contributed by atoms with E-state index in [1.807, 2.05) is 36.4 Å². The minimum Gasteiger partial charge on any atom is -0.339 e. The number of fused-ring (bicyclic) bond motifs is 2. The summed E-state index contributed by atoms with van der Waals surface area (Å²) in [7, 11) is 0. The maximum Gasteiger partial charge on any atom is 0.241 e. The molecule has 5 aromatic carbocycles. The fourth-order valence-electron chi connectivity index (χ4n) is 5.13. The van der Waals surface area contributed by atoms with Crippen molar-refractivity contribution in [3.8, 4) is 22.4 Å². The summed E-state index contributed by atoms with van der Waals surface area (Å²) in [6.45, 7) is 0.535. The molecule has 0 unspecified atom stereocenters. The second-order valence-electron chi connectivity index (χ2n) is 9.24. The Morgan fingerprint density at radius 1 is 0.684 bits per heavy atom. The smallest absolute Gasteiger partial charge is 0.241 e. The first-order chi connectivity index (χ1) is 18.8. The molecule has 0 fully saturated rings. The lowest BCUT2D eigenvalue weighted by Gasteiger charge is -2.13.